The van der Waals surface area contributed by atoms with Crippen LogP contribution < -0.4 is 5.32 Å². The molecule has 2 aromatic rings. The zero-order valence-corrected chi connectivity index (χ0v) is 10.4. The summed E-state index contributed by atoms with van der Waals surface area (Å²) < 4.78 is 52.5. The molecule has 0 aliphatic rings. The first kappa shape index (κ1) is 14.8. The van der Waals surface area contributed by atoms with Gasteiger partial charge in [0.25, 0.3) is 0 Å². The number of hydrogen-bond acceptors (Lipinski definition) is 3. The van der Waals surface area contributed by atoms with E-state index in [0.29, 0.717) is 0 Å². The maximum absolute atomic E-state index is 13.4. The molecule has 0 bridgehead atoms. The lowest BCUT2D eigenvalue weighted by Crippen LogP contribution is -2.04. The van der Waals surface area contributed by atoms with Gasteiger partial charge in [-0.15, -0.1) is 0 Å². The molecule has 0 saturated carbocycles. The molecule has 2 aromatic carbocycles. The molecule has 0 radical (unpaired) electrons. The summed E-state index contributed by atoms with van der Waals surface area (Å²) in [6.07, 6.45) is 0. The van der Waals surface area contributed by atoms with E-state index in [2.05, 4.69) is 5.32 Å². The maximum atomic E-state index is 13.4. The van der Waals surface area contributed by atoms with Gasteiger partial charge < -0.3 is 5.32 Å². The topological polar surface area (TPSA) is 55.2 Å². The number of nitrogens with zero attached hydrogens (tertiary/aromatic N) is 1. The van der Waals surface area contributed by atoms with Crippen molar-refractivity contribution in [3.8, 4) is 0 Å². The lowest BCUT2D eigenvalue weighted by atomic mass is 10.2. The van der Waals surface area contributed by atoms with Gasteiger partial charge >= 0.3 is 5.69 Å². The number of halogens is 4. The van der Waals surface area contributed by atoms with Crippen molar-refractivity contribution >= 4 is 11.4 Å². The van der Waals surface area contributed by atoms with E-state index in [9.17, 15) is 27.7 Å². The van der Waals surface area contributed by atoms with E-state index in [0.717, 1.165) is 24.3 Å². The predicted octanol–water partition coefficient (Wildman–Crippen LogP) is 3.76. The molecule has 0 saturated heterocycles. The fourth-order valence-electron chi connectivity index (χ4n) is 1.67. The second-order valence-corrected chi connectivity index (χ2v) is 4.12. The van der Waals surface area contributed by atoms with Crippen molar-refractivity contribution < 1.29 is 22.5 Å². The number of rotatable bonds is 4. The first-order chi connectivity index (χ1) is 9.90. The van der Waals surface area contributed by atoms with Gasteiger partial charge in [0.1, 0.15) is 0 Å². The molecule has 0 amide bonds. The highest BCUT2D eigenvalue weighted by molar-refractivity contribution is 5.46. The standard InChI is InChI=1S/C13H8F4N2O2/c14-8-2-3-10(13(17)12(8)16)18-6-7-1-4-11(19(20)21)9(15)5-7/h1-5,18H,6H2. The summed E-state index contributed by atoms with van der Waals surface area (Å²) in [4.78, 5) is 9.58. The molecule has 110 valence electrons. The van der Waals surface area contributed by atoms with Crippen LogP contribution in [-0.4, -0.2) is 4.92 Å². The van der Waals surface area contributed by atoms with Crippen LogP contribution in [0, 0.1) is 33.4 Å². The van der Waals surface area contributed by atoms with E-state index >= 15 is 0 Å². The van der Waals surface area contributed by atoms with Gasteiger partial charge in [-0.2, -0.15) is 4.39 Å². The van der Waals surface area contributed by atoms with Crippen LogP contribution in [0.1, 0.15) is 5.56 Å². The summed E-state index contributed by atoms with van der Waals surface area (Å²) in [5, 5.41) is 12.9. The summed E-state index contributed by atoms with van der Waals surface area (Å²) in [7, 11) is 0. The molecule has 4 nitrogen and oxygen atoms in total. The SMILES string of the molecule is O=[N+]([O-])c1ccc(CNc2ccc(F)c(F)c2F)cc1F. The predicted molar refractivity (Wildman–Crippen MR) is 66.7 cm³/mol. The Morgan fingerprint density at radius 1 is 1.00 bits per heavy atom. The highest BCUT2D eigenvalue weighted by atomic mass is 19.2. The van der Waals surface area contributed by atoms with E-state index in [1.165, 1.54) is 6.07 Å². The Balaban J connectivity index is 2.15. The average molecular weight is 300 g/mol. The Labute approximate surface area is 116 Å². The molecule has 1 N–H and O–H groups in total. The normalized spacial score (nSPS) is 10.5. The van der Waals surface area contributed by atoms with Gasteiger partial charge in [0.15, 0.2) is 17.5 Å². The van der Waals surface area contributed by atoms with Crippen LogP contribution in [0.25, 0.3) is 0 Å². The Hall–Kier alpha value is -2.64. The van der Waals surface area contributed by atoms with Crippen molar-refractivity contribution in [3.05, 3.63) is 69.3 Å². The second kappa shape index (κ2) is 5.78. The summed E-state index contributed by atoms with van der Waals surface area (Å²) >= 11 is 0. The monoisotopic (exact) mass is 300 g/mol. The van der Waals surface area contributed by atoms with Gasteiger partial charge in [-0.05, 0) is 23.8 Å². The minimum absolute atomic E-state index is 0.114. The maximum Gasteiger partial charge on any atom is 0.304 e. The van der Waals surface area contributed by atoms with Crippen LogP contribution in [0.4, 0.5) is 28.9 Å². The van der Waals surface area contributed by atoms with E-state index in [4.69, 9.17) is 0 Å². The number of benzene rings is 2. The second-order valence-electron chi connectivity index (χ2n) is 4.12. The van der Waals surface area contributed by atoms with Gasteiger partial charge in [-0.1, -0.05) is 6.07 Å². The van der Waals surface area contributed by atoms with Crippen LogP contribution in [-0.2, 0) is 6.54 Å². The first-order valence-corrected chi connectivity index (χ1v) is 5.70. The van der Waals surface area contributed by atoms with Gasteiger partial charge in [0.05, 0.1) is 10.6 Å². The molecule has 2 rings (SSSR count). The number of nitrogens with one attached hydrogen (secondary N) is 1. The van der Waals surface area contributed by atoms with Crippen LogP contribution in [0.15, 0.2) is 30.3 Å². The van der Waals surface area contributed by atoms with Crippen molar-refractivity contribution in [3.63, 3.8) is 0 Å². The number of hydrogen-bond donors (Lipinski definition) is 1. The molecule has 21 heavy (non-hydrogen) atoms. The third kappa shape index (κ3) is 3.10. The molecule has 0 aliphatic carbocycles. The molecule has 8 heteroatoms. The Morgan fingerprint density at radius 2 is 1.71 bits per heavy atom. The highest BCUT2D eigenvalue weighted by Crippen LogP contribution is 2.22. The largest absolute Gasteiger partial charge is 0.379 e. The zero-order valence-electron chi connectivity index (χ0n) is 10.4. The minimum atomic E-state index is -1.62. The van der Waals surface area contributed by atoms with E-state index < -0.39 is 33.9 Å². The first-order valence-electron chi connectivity index (χ1n) is 5.70. The summed E-state index contributed by atoms with van der Waals surface area (Å²) in [5.41, 5.74) is -0.701. The highest BCUT2D eigenvalue weighted by Gasteiger charge is 2.15. The van der Waals surface area contributed by atoms with Gasteiger partial charge in [0, 0.05) is 12.6 Å². The van der Waals surface area contributed by atoms with Crippen molar-refractivity contribution in [1.82, 2.24) is 0 Å². The molecule has 0 fully saturated rings. The van der Waals surface area contributed by atoms with Crippen LogP contribution in [0.5, 0.6) is 0 Å². The molecule has 0 unspecified atom stereocenters. The summed E-state index contributed by atoms with van der Waals surface area (Å²) in [6.45, 7) is -0.114. The van der Waals surface area contributed by atoms with Crippen molar-refractivity contribution in [2.24, 2.45) is 0 Å². The number of anilines is 1. The molecule has 0 heterocycles. The third-order valence-electron chi connectivity index (χ3n) is 2.73. The lowest BCUT2D eigenvalue weighted by molar-refractivity contribution is -0.387. The van der Waals surface area contributed by atoms with Gasteiger partial charge in [-0.3, -0.25) is 10.1 Å². The molecule has 0 atom stereocenters. The summed E-state index contributed by atoms with van der Waals surface area (Å²) in [6, 6.07) is 4.88. The Bertz CT molecular complexity index is 707. The van der Waals surface area contributed by atoms with Crippen molar-refractivity contribution in [1.29, 1.82) is 0 Å². The Kier molecular flexibility index (Phi) is 4.06. The van der Waals surface area contributed by atoms with E-state index in [-0.39, 0.29) is 17.8 Å². The van der Waals surface area contributed by atoms with Gasteiger partial charge in [-0.25, -0.2) is 13.2 Å². The molecule has 0 aromatic heterocycles. The lowest BCUT2D eigenvalue weighted by Gasteiger charge is -2.08. The fourth-order valence-corrected chi connectivity index (χ4v) is 1.67. The Morgan fingerprint density at radius 3 is 2.33 bits per heavy atom. The molecule has 0 spiro atoms. The third-order valence-corrected chi connectivity index (χ3v) is 2.73. The number of nitro benzene ring substituents is 1. The fraction of sp³-hybridized carbons (Fsp3) is 0.0769. The molecular weight excluding hydrogens is 292 g/mol. The minimum Gasteiger partial charge on any atom is -0.379 e. The van der Waals surface area contributed by atoms with Crippen LogP contribution >= 0.6 is 0 Å². The smallest absolute Gasteiger partial charge is 0.304 e. The summed E-state index contributed by atoms with van der Waals surface area (Å²) in [5.74, 6) is -5.36. The van der Waals surface area contributed by atoms with Crippen LogP contribution in [0.2, 0.25) is 0 Å². The van der Waals surface area contributed by atoms with E-state index in [1.54, 1.807) is 0 Å². The van der Waals surface area contributed by atoms with Crippen LogP contribution in [0.3, 0.4) is 0 Å². The van der Waals surface area contributed by atoms with Gasteiger partial charge in [0.2, 0.25) is 5.82 Å². The average Bonchev–Trinajstić information content (AvgIpc) is 2.44. The van der Waals surface area contributed by atoms with Crippen molar-refractivity contribution in [2.75, 3.05) is 5.32 Å². The quantitative estimate of drug-likeness (QED) is 0.405. The zero-order chi connectivity index (χ0) is 15.6. The van der Waals surface area contributed by atoms with Crippen molar-refractivity contribution in [2.45, 2.75) is 6.54 Å². The molecular formula is C13H8F4N2O2. The molecule has 0 aliphatic heterocycles. The van der Waals surface area contributed by atoms with E-state index in [1.807, 2.05) is 0 Å². The number of nitro groups is 1.